The zero-order chi connectivity index (χ0) is 12.3. The Morgan fingerprint density at radius 1 is 1.29 bits per heavy atom. The molecule has 0 spiro atoms. The Morgan fingerprint density at radius 3 is 2.76 bits per heavy atom. The van der Waals surface area contributed by atoms with Crippen LogP contribution in [0.5, 0.6) is 0 Å². The lowest BCUT2D eigenvalue weighted by Crippen LogP contribution is -1.89. The summed E-state index contributed by atoms with van der Waals surface area (Å²) in [6.45, 7) is 2.08. The van der Waals surface area contributed by atoms with Crippen LogP contribution in [-0.4, -0.2) is 4.98 Å². The third kappa shape index (κ3) is 3.48. The van der Waals surface area contributed by atoms with Gasteiger partial charge in [-0.2, -0.15) is 0 Å². The molecule has 2 nitrogen and oxygen atoms in total. The van der Waals surface area contributed by atoms with Crippen LogP contribution in [0.15, 0.2) is 45.9 Å². The second-order valence-corrected chi connectivity index (χ2v) is 5.71. The molecular formula is C13H13BrN2S. The summed E-state index contributed by atoms with van der Waals surface area (Å²) in [6.07, 6.45) is 1.83. The van der Waals surface area contributed by atoms with Crippen molar-refractivity contribution in [2.75, 3.05) is 5.73 Å². The number of nitrogens with zero attached hydrogens (tertiary/aromatic N) is 1. The van der Waals surface area contributed by atoms with E-state index in [2.05, 4.69) is 33.9 Å². The number of halogens is 1. The van der Waals surface area contributed by atoms with Crippen LogP contribution < -0.4 is 5.73 Å². The van der Waals surface area contributed by atoms with E-state index in [9.17, 15) is 0 Å². The molecular weight excluding hydrogens is 296 g/mol. The molecule has 0 aliphatic carbocycles. The minimum Gasteiger partial charge on any atom is -0.399 e. The number of nitrogen functional groups attached to an aromatic ring is 1. The fourth-order valence-corrected chi connectivity index (χ4v) is 2.64. The largest absolute Gasteiger partial charge is 0.399 e. The van der Waals surface area contributed by atoms with Crippen LogP contribution in [0.3, 0.4) is 0 Å². The Labute approximate surface area is 114 Å². The average Bonchev–Trinajstić information content (AvgIpc) is 2.30. The zero-order valence-electron chi connectivity index (χ0n) is 9.48. The van der Waals surface area contributed by atoms with Gasteiger partial charge in [-0.15, -0.1) is 11.8 Å². The predicted octanol–water partition coefficient (Wildman–Crippen LogP) is 4.03. The molecule has 0 amide bonds. The van der Waals surface area contributed by atoms with E-state index in [1.807, 2.05) is 30.5 Å². The SMILES string of the molecule is Cc1cc(N)ccc1SCc1ccc(Br)cn1. The Morgan fingerprint density at radius 2 is 2.12 bits per heavy atom. The van der Waals surface area contributed by atoms with Crippen molar-refractivity contribution >= 4 is 33.4 Å². The van der Waals surface area contributed by atoms with Crippen molar-refractivity contribution in [1.29, 1.82) is 0 Å². The van der Waals surface area contributed by atoms with Crippen LogP contribution in [0, 0.1) is 6.92 Å². The first kappa shape index (κ1) is 12.5. The van der Waals surface area contributed by atoms with Gasteiger partial charge in [0.1, 0.15) is 0 Å². The maximum atomic E-state index is 5.72. The minimum absolute atomic E-state index is 0.814. The summed E-state index contributed by atoms with van der Waals surface area (Å²) < 4.78 is 1.01. The highest BCUT2D eigenvalue weighted by atomic mass is 79.9. The Bertz CT molecular complexity index is 511. The van der Waals surface area contributed by atoms with Gasteiger partial charge in [0.15, 0.2) is 0 Å². The van der Waals surface area contributed by atoms with E-state index < -0.39 is 0 Å². The summed E-state index contributed by atoms with van der Waals surface area (Å²) in [5.74, 6) is 0.873. The fraction of sp³-hybridized carbons (Fsp3) is 0.154. The molecule has 1 heterocycles. The molecule has 4 heteroatoms. The van der Waals surface area contributed by atoms with E-state index in [0.29, 0.717) is 0 Å². The lowest BCUT2D eigenvalue weighted by atomic mass is 10.2. The van der Waals surface area contributed by atoms with Crippen molar-refractivity contribution < 1.29 is 0 Å². The molecule has 0 radical (unpaired) electrons. The summed E-state index contributed by atoms with van der Waals surface area (Å²) in [5, 5.41) is 0. The number of rotatable bonds is 3. The first-order valence-electron chi connectivity index (χ1n) is 5.24. The van der Waals surface area contributed by atoms with Gasteiger partial charge in [0.2, 0.25) is 0 Å². The number of nitrogens with two attached hydrogens (primary N) is 1. The Balaban J connectivity index is 2.04. The summed E-state index contributed by atoms with van der Waals surface area (Å²) in [5.41, 5.74) is 8.83. The molecule has 1 aromatic heterocycles. The molecule has 17 heavy (non-hydrogen) atoms. The van der Waals surface area contributed by atoms with Gasteiger partial charge in [0, 0.05) is 27.0 Å². The van der Waals surface area contributed by atoms with Crippen LogP contribution >= 0.6 is 27.7 Å². The highest BCUT2D eigenvalue weighted by Crippen LogP contribution is 2.26. The highest BCUT2D eigenvalue weighted by Gasteiger charge is 2.01. The molecule has 0 fully saturated rings. The van der Waals surface area contributed by atoms with Gasteiger partial charge in [-0.05, 0) is 58.7 Å². The maximum absolute atomic E-state index is 5.72. The molecule has 88 valence electrons. The number of pyridine rings is 1. The lowest BCUT2D eigenvalue weighted by Gasteiger charge is -2.06. The number of benzene rings is 1. The molecule has 2 N–H and O–H groups in total. The van der Waals surface area contributed by atoms with E-state index in [0.717, 1.165) is 21.6 Å². The number of aromatic nitrogens is 1. The molecule has 0 saturated heterocycles. The maximum Gasteiger partial charge on any atom is 0.0507 e. The quantitative estimate of drug-likeness (QED) is 0.687. The van der Waals surface area contributed by atoms with E-state index in [-0.39, 0.29) is 0 Å². The molecule has 0 bridgehead atoms. The summed E-state index contributed by atoms with van der Waals surface area (Å²) >= 11 is 5.16. The third-order valence-corrected chi connectivity index (χ3v) is 4.04. The van der Waals surface area contributed by atoms with Gasteiger partial charge in [-0.25, -0.2) is 0 Å². The molecule has 0 atom stereocenters. The molecule has 0 aliphatic heterocycles. The van der Waals surface area contributed by atoms with Crippen LogP contribution in [0.2, 0.25) is 0 Å². The summed E-state index contributed by atoms with van der Waals surface area (Å²) in [4.78, 5) is 5.60. The van der Waals surface area contributed by atoms with Crippen LogP contribution in [0.4, 0.5) is 5.69 Å². The van der Waals surface area contributed by atoms with Crippen molar-refractivity contribution in [1.82, 2.24) is 4.98 Å². The van der Waals surface area contributed by atoms with Gasteiger partial charge in [0.25, 0.3) is 0 Å². The van der Waals surface area contributed by atoms with Gasteiger partial charge in [-0.3, -0.25) is 4.98 Å². The Kier molecular flexibility index (Phi) is 4.07. The van der Waals surface area contributed by atoms with Crippen LogP contribution in [-0.2, 0) is 5.75 Å². The van der Waals surface area contributed by atoms with Gasteiger partial charge < -0.3 is 5.73 Å². The number of hydrogen-bond donors (Lipinski definition) is 1. The van der Waals surface area contributed by atoms with Crippen LogP contribution in [0.1, 0.15) is 11.3 Å². The number of thioether (sulfide) groups is 1. The van der Waals surface area contributed by atoms with E-state index in [4.69, 9.17) is 5.73 Å². The van der Waals surface area contributed by atoms with E-state index in [1.165, 1.54) is 10.5 Å². The standard InChI is InChI=1S/C13H13BrN2S/c1-9-6-11(15)3-5-13(9)17-8-12-4-2-10(14)7-16-12/h2-7H,8,15H2,1H3. The predicted molar refractivity (Wildman–Crippen MR) is 77.1 cm³/mol. The second-order valence-electron chi connectivity index (χ2n) is 3.78. The van der Waals surface area contributed by atoms with Gasteiger partial charge in [0.05, 0.1) is 5.69 Å². The molecule has 0 unspecified atom stereocenters. The first-order valence-corrected chi connectivity index (χ1v) is 7.02. The summed E-state index contributed by atoms with van der Waals surface area (Å²) in [6, 6.07) is 10.0. The van der Waals surface area contributed by atoms with Crippen molar-refractivity contribution in [2.45, 2.75) is 17.6 Å². The van der Waals surface area contributed by atoms with Crippen LogP contribution in [0.25, 0.3) is 0 Å². The monoisotopic (exact) mass is 308 g/mol. The number of aryl methyl sites for hydroxylation is 1. The molecule has 2 aromatic rings. The average molecular weight is 309 g/mol. The number of anilines is 1. The lowest BCUT2D eigenvalue weighted by molar-refractivity contribution is 1.16. The van der Waals surface area contributed by atoms with E-state index in [1.54, 1.807) is 11.8 Å². The zero-order valence-corrected chi connectivity index (χ0v) is 11.9. The topological polar surface area (TPSA) is 38.9 Å². The van der Waals surface area contributed by atoms with E-state index >= 15 is 0 Å². The smallest absolute Gasteiger partial charge is 0.0507 e. The van der Waals surface area contributed by atoms with Crippen molar-refractivity contribution in [3.8, 4) is 0 Å². The van der Waals surface area contributed by atoms with Gasteiger partial charge in [-0.1, -0.05) is 0 Å². The summed E-state index contributed by atoms with van der Waals surface area (Å²) in [7, 11) is 0. The normalized spacial score (nSPS) is 10.5. The fourth-order valence-electron chi connectivity index (χ4n) is 1.48. The third-order valence-electron chi connectivity index (χ3n) is 2.36. The van der Waals surface area contributed by atoms with Crippen molar-refractivity contribution in [3.63, 3.8) is 0 Å². The molecule has 2 rings (SSSR count). The molecule has 1 aromatic carbocycles. The minimum atomic E-state index is 0.814. The van der Waals surface area contributed by atoms with Gasteiger partial charge >= 0.3 is 0 Å². The molecule has 0 aliphatic rings. The first-order chi connectivity index (χ1) is 8.15. The highest BCUT2D eigenvalue weighted by molar-refractivity contribution is 9.10. The number of hydrogen-bond acceptors (Lipinski definition) is 3. The second kappa shape index (κ2) is 5.56. The van der Waals surface area contributed by atoms with Crippen molar-refractivity contribution in [3.05, 3.63) is 52.3 Å². The Hall–Kier alpha value is -1.00. The molecule has 0 saturated carbocycles. The van der Waals surface area contributed by atoms with Crippen molar-refractivity contribution in [2.24, 2.45) is 0 Å².